The summed E-state index contributed by atoms with van der Waals surface area (Å²) in [4.78, 5) is 18.6. The van der Waals surface area contributed by atoms with Crippen molar-refractivity contribution in [1.82, 2.24) is 9.55 Å². The van der Waals surface area contributed by atoms with Crippen molar-refractivity contribution in [2.45, 2.75) is 32.5 Å². The summed E-state index contributed by atoms with van der Waals surface area (Å²) in [5, 5.41) is 12.9. The minimum Gasteiger partial charge on any atom is -0.396 e. The number of aliphatic hydroxyl groups excluding tert-OH is 1. The second-order valence-electron chi connectivity index (χ2n) is 6.75. The number of thiophene rings is 1. The van der Waals surface area contributed by atoms with Gasteiger partial charge in [0.1, 0.15) is 4.83 Å². The van der Waals surface area contributed by atoms with Crippen LogP contribution in [0.1, 0.15) is 20.8 Å². The predicted octanol–water partition coefficient (Wildman–Crippen LogP) is 4.26. The molecule has 3 aromatic rings. The van der Waals surface area contributed by atoms with Gasteiger partial charge in [-0.3, -0.25) is 9.36 Å². The monoisotopic (exact) mass is 374 g/mol. The van der Waals surface area contributed by atoms with Crippen LogP contribution in [-0.2, 0) is 6.54 Å². The lowest BCUT2D eigenvalue weighted by atomic mass is 9.98. The molecule has 0 fully saturated rings. The second kappa shape index (κ2) is 7.32. The third-order valence-electron chi connectivity index (χ3n) is 4.08. The molecule has 0 saturated carbocycles. The van der Waals surface area contributed by atoms with E-state index in [0.717, 1.165) is 21.1 Å². The predicted molar refractivity (Wildman–Crippen MR) is 107 cm³/mol. The van der Waals surface area contributed by atoms with Gasteiger partial charge in [0, 0.05) is 29.8 Å². The average molecular weight is 375 g/mol. The SMILES string of the molecule is CCn1c(SCC(C)(C)CO)nc2scc(-c3ccccc3)c2c1=O. The van der Waals surface area contributed by atoms with E-state index in [4.69, 9.17) is 4.98 Å². The summed E-state index contributed by atoms with van der Waals surface area (Å²) in [5.41, 5.74) is 1.79. The number of benzene rings is 1. The van der Waals surface area contributed by atoms with E-state index in [9.17, 15) is 9.90 Å². The summed E-state index contributed by atoms with van der Waals surface area (Å²) < 4.78 is 1.74. The van der Waals surface area contributed by atoms with Crippen molar-refractivity contribution in [2.24, 2.45) is 5.41 Å². The Bertz CT molecular complexity index is 930. The van der Waals surface area contributed by atoms with Crippen LogP contribution in [0, 0.1) is 5.41 Å². The highest BCUT2D eigenvalue weighted by molar-refractivity contribution is 7.99. The minimum atomic E-state index is -0.208. The van der Waals surface area contributed by atoms with E-state index in [1.54, 1.807) is 4.57 Å². The Labute approximate surface area is 155 Å². The van der Waals surface area contributed by atoms with Gasteiger partial charge in [-0.05, 0) is 17.9 Å². The molecule has 0 radical (unpaired) electrons. The van der Waals surface area contributed by atoms with Gasteiger partial charge in [-0.1, -0.05) is 55.9 Å². The van der Waals surface area contributed by atoms with Crippen LogP contribution in [0.15, 0.2) is 45.7 Å². The average Bonchev–Trinajstić information content (AvgIpc) is 3.05. The Morgan fingerprint density at radius 3 is 2.64 bits per heavy atom. The Morgan fingerprint density at radius 1 is 1.28 bits per heavy atom. The molecule has 1 N–H and O–H groups in total. The van der Waals surface area contributed by atoms with Gasteiger partial charge in [0.25, 0.3) is 5.56 Å². The molecule has 0 spiro atoms. The maximum absolute atomic E-state index is 13.1. The van der Waals surface area contributed by atoms with E-state index in [1.807, 2.05) is 56.5 Å². The minimum absolute atomic E-state index is 0.0110. The zero-order valence-corrected chi connectivity index (χ0v) is 16.3. The number of aromatic nitrogens is 2. The zero-order chi connectivity index (χ0) is 18.0. The van der Waals surface area contributed by atoms with E-state index in [-0.39, 0.29) is 17.6 Å². The fourth-order valence-corrected chi connectivity index (χ4v) is 4.66. The largest absolute Gasteiger partial charge is 0.396 e. The normalized spacial score (nSPS) is 12.0. The molecular weight excluding hydrogens is 352 g/mol. The Kier molecular flexibility index (Phi) is 5.32. The lowest BCUT2D eigenvalue weighted by Crippen LogP contribution is -2.24. The molecule has 0 aliphatic carbocycles. The highest BCUT2D eigenvalue weighted by atomic mass is 32.2. The molecular formula is C19H22N2O2S2. The first-order valence-electron chi connectivity index (χ1n) is 8.28. The second-order valence-corrected chi connectivity index (χ2v) is 8.55. The maximum atomic E-state index is 13.1. The van der Waals surface area contributed by atoms with Crippen molar-refractivity contribution < 1.29 is 5.11 Å². The van der Waals surface area contributed by atoms with Crippen molar-refractivity contribution >= 4 is 33.3 Å². The highest BCUT2D eigenvalue weighted by Gasteiger charge is 2.21. The van der Waals surface area contributed by atoms with Crippen molar-refractivity contribution in [3.8, 4) is 11.1 Å². The number of nitrogens with zero attached hydrogens (tertiary/aromatic N) is 2. The Hall–Kier alpha value is -1.63. The number of hydrogen-bond acceptors (Lipinski definition) is 5. The highest BCUT2D eigenvalue weighted by Crippen LogP contribution is 2.33. The molecule has 2 aromatic heterocycles. The smallest absolute Gasteiger partial charge is 0.263 e. The summed E-state index contributed by atoms with van der Waals surface area (Å²) in [6, 6.07) is 9.96. The lowest BCUT2D eigenvalue weighted by molar-refractivity contribution is 0.180. The van der Waals surface area contributed by atoms with Crippen LogP contribution in [0.4, 0.5) is 0 Å². The van der Waals surface area contributed by atoms with Crippen LogP contribution in [0.5, 0.6) is 0 Å². The van der Waals surface area contributed by atoms with E-state index in [0.29, 0.717) is 17.7 Å². The standard InChI is InChI=1S/C19H22N2O2S2/c1-4-21-17(23)15-14(13-8-6-5-7-9-13)10-24-16(15)20-18(21)25-12-19(2,3)11-22/h5-10,22H,4,11-12H2,1-3H3. The fourth-order valence-electron chi connectivity index (χ4n) is 2.53. The number of thioether (sulfide) groups is 1. The molecule has 0 aliphatic heterocycles. The molecule has 6 heteroatoms. The van der Waals surface area contributed by atoms with E-state index in [1.165, 1.54) is 23.1 Å². The first kappa shape index (κ1) is 18.2. The Morgan fingerprint density at radius 2 is 2.00 bits per heavy atom. The molecule has 0 bridgehead atoms. The molecule has 3 rings (SSSR count). The quantitative estimate of drug-likeness (QED) is 0.517. The van der Waals surface area contributed by atoms with Gasteiger partial charge in [-0.25, -0.2) is 4.98 Å². The molecule has 0 atom stereocenters. The Balaban J connectivity index is 2.09. The molecule has 0 unspecified atom stereocenters. The number of fused-ring (bicyclic) bond motifs is 1. The number of rotatable bonds is 6. The summed E-state index contributed by atoms with van der Waals surface area (Å²) in [5.74, 6) is 0.707. The molecule has 132 valence electrons. The topological polar surface area (TPSA) is 55.1 Å². The van der Waals surface area contributed by atoms with Crippen molar-refractivity contribution in [2.75, 3.05) is 12.4 Å². The number of aliphatic hydroxyl groups is 1. The van der Waals surface area contributed by atoms with E-state index >= 15 is 0 Å². The van der Waals surface area contributed by atoms with Gasteiger partial charge in [0.15, 0.2) is 5.16 Å². The van der Waals surface area contributed by atoms with E-state index < -0.39 is 0 Å². The van der Waals surface area contributed by atoms with Crippen LogP contribution >= 0.6 is 23.1 Å². The van der Waals surface area contributed by atoms with E-state index in [2.05, 4.69) is 0 Å². The zero-order valence-electron chi connectivity index (χ0n) is 14.7. The van der Waals surface area contributed by atoms with Crippen LogP contribution in [0.3, 0.4) is 0 Å². The van der Waals surface area contributed by atoms with Gasteiger partial charge < -0.3 is 5.11 Å². The summed E-state index contributed by atoms with van der Waals surface area (Å²) in [6.07, 6.45) is 0. The van der Waals surface area contributed by atoms with Gasteiger partial charge in [-0.2, -0.15) is 0 Å². The molecule has 2 heterocycles. The molecule has 0 saturated heterocycles. The van der Waals surface area contributed by atoms with Crippen LogP contribution in [0.2, 0.25) is 0 Å². The molecule has 1 aromatic carbocycles. The first-order chi connectivity index (χ1) is 12.0. The summed E-state index contributed by atoms with van der Waals surface area (Å²) in [7, 11) is 0. The third-order valence-corrected chi connectivity index (χ3v) is 6.45. The first-order valence-corrected chi connectivity index (χ1v) is 10.1. The van der Waals surface area contributed by atoms with Crippen LogP contribution in [0.25, 0.3) is 21.3 Å². The van der Waals surface area contributed by atoms with Crippen LogP contribution < -0.4 is 5.56 Å². The van der Waals surface area contributed by atoms with Crippen LogP contribution in [-0.4, -0.2) is 27.0 Å². The van der Waals surface area contributed by atoms with Gasteiger partial charge in [0.2, 0.25) is 0 Å². The van der Waals surface area contributed by atoms with Gasteiger partial charge in [0.05, 0.1) is 5.39 Å². The van der Waals surface area contributed by atoms with Gasteiger partial charge in [-0.15, -0.1) is 11.3 Å². The fraction of sp³-hybridized carbons (Fsp3) is 0.368. The summed E-state index contributed by atoms with van der Waals surface area (Å²) >= 11 is 3.04. The van der Waals surface area contributed by atoms with Crippen molar-refractivity contribution in [1.29, 1.82) is 0 Å². The summed E-state index contributed by atoms with van der Waals surface area (Å²) in [6.45, 7) is 6.66. The third kappa shape index (κ3) is 3.66. The molecule has 25 heavy (non-hydrogen) atoms. The molecule has 0 aliphatic rings. The lowest BCUT2D eigenvalue weighted by Gasteiger charge is -2.21. The van der Waals surface area contributed by atoms with Gasteiger partial charge >= 0.3 is 0 Å². The maximum Gasteiger partial charge on any atom is 0.263 e. The molecule has 0 amide bonds. The molecule has 4 nitrogen and oxygen atoms in total. The van der Waals surface area contributed by atoms with Crippen molar-refractivity contribution in [3.63, 3.8) is 0 Å². The number of hydrogen-bond donors (Lipinski definition) is 1. The van der Waals surface area contributed by atoms with Crippen molar-refractivity contribution in [3.05, 3.63) is 46.1 Å².